The summed E-state index contributed by atoms with van der Waals surface area (Å²) in [4.78, 5) is 24.3. The summed E-state index contributed by atoms with van der Waals surface area (Å²) in [5, 5.41) is 5.43. The number of ether oxygens (including phenoxy) is 1. The average molecular weight is 343 g/mol. The van der Waals surface area contributed by atoms with Crippen molar-refractivity contribution in [3.63, 3.8) is 0 Å². The van der Waals surface area contributed by atoms with Gasteiger partial charge in [-0.1, -0.05) is 19.1 Å². The van der Waals surface area contributed by atoms with Crippen molar-refractivity contribution in [3.8, 4) is 0 Å². The highest BCUT2D eigenvalue weighted by Gasteiger charge is 2.17. The van der Waals surface area contributed by atoms with Crippen LogP contribution in [0.3, 0.4) is 0 Å². The molecule has 0 unspecified atom stereocenters. The average Bonchev–Trinajstić information content (AvgIpc) is 3.21. The Bertz CT molecular complexity index is 893. The summed E-state index contributed by atoms with van der Waals surface area (Å²) in [6.45, 7) is 2.08. The van der Waals surface area contributed by atoms with Crippen molar-refractivity contribution in [2.24, 2.45) is 0 Å². The zero-order valence-corrected chi connectivity index (χ0v) is 14.2. The number of amides is 1. The lowest BCUT2D eigenvalue weighted by Crippen LogP contribution is -2.15. The van der Waals surface area contributed by atoms with E-state index in [1.807, 2.05) is 18.2 Å². The third-order valence-electron chi connectivity index (χ3n) is 3.79. The SMILES string of the molecule is CCc1ccc2c(CC(=O)Nc3ccsc3C(=O)OC)coc2c1. The molecule has 0 aliphatic rings. The van der Waals surface area contributed by atoms with Crippen molar-refractivity contribution in [2.45, 2.75) is 19.8 Å². The normalized spacial score (nSPS) is 10.8. The highest BCUT2D eigenvalue weighted by atomic mass is 32.1. The molecule has 0 atom stereocenters. The standard InChI is InChI=1S/C18H17NO4S/c1-3-11-4-5-13-12(10-23-15(13)8-11)9-16(20)19-14-6-7-24-17(14)18(21)22-2/h4-8,10H,3,9H2,1-2H3,(H,19,20). The fourth-order valence-corrected chi connectivity index (χ4v) is 3.28. The molecule has 0 spiro atoms. The highest BCUT2D eigenvalue weighted by Crippen LogP contribution is 2.25. The van der Waals surface area contributed by atoms with Gasteiger partial charge in [-0.3, -0.25) is 4.79 Å². The lowest BCUT2D eigenvalue weighted by molar-refractivity contribution is -0.115. The Hall–Kier alpha value is -2.60. The number of fused-ring (bicyclic) bond motifs is 1. The molecule has 3 rings (SSSR count). The summed E-state index contributed by atoms with van der Waals surface area (Å²) < 4.78 is 10.3. The number of rotatable bonds is 5. The summed E-state index contributed by atoms with van der Waals surface area (Å²) in [7, 11) is 1.32. The lowest BCUT2D eigenvalue weighted by Gasteiger charge is -2.05. The first kappa shape index (κ1) is 16.3. The first-order valence-electron chi connectivity index (χ1n) is 7.57. The quantitative estimate of drug-likeness (QED) is 0.710. The van der Waals surface area contributed by atoms with Gasteiger partial charge in [0.1, 0.15) is 10.5 Å². The molecule has 0 fully saturated rings. The van der Waals surface area contributed by atoms with Crippen LogP contribution in [0.25, 0.3) is 11.0 Å². The van der Waals surface area contributed by atoms with Crippen LogP contribution in [0.4, 0.5) is 5.69 Å². The molecule has 2 heterocycles. The molecule has 2 aromatic heterocycles. The predicted octanol–water partition coefficient (Wildman–Crippen LogP) is 4.02. The van der Waals surface area contributed by atoms with E-state index in [-0.39, 0.29) is 12.3 Å². The number of carbonyl (C=O) groups is 2. The van der Waals surface area contributed by atoms with Crippen molar-refractivity contribution in [3.05, 3.63) is 51.9 Å². The first-order chi connectivity index (χ1) is 11.6. The molecule has 1 aromatic carbocycles. The topological polar surface area (TPSA) is 68.5 Å². The highest BCUT2D eigenvalue weighted by molar-refractivity contribution is 7.12. The van der Waals surface area contributed by atoms with Crippen LogP contribution >= 0.6 is 11.3 Å². The molecule has 0 bridgehead atoms. The smallest absolute Gasteiger partial charge is 0.350 e. The van der Waals surface area contributed by atoms with E-state index < -0.39 is 5.97 Å². The van der Waals surface area contributed by atoms with E-state index in [9.17, 15) is 9.59 Å². The van der Waals surface area contributed by atoms with E-state index in [4.69, 9.17) is 9.15 Å². The summed E-state index contributed by atoms with van der Waals surface area (Å²) in [5.74, 6) is -0.665. The van der Waals surface area contributed by atoms with Crippen molar-refractivity contribution >= 4 is 39.9 Å². The van der Waals surface area contributed by atoms with Gasteiger partial charge in [0.2, 0.25) is 5.91 Å². The van der Waals surface area contributed by atoms with Gasteiger partial charge in [-0.25, -0.2) is 4.79 Å². The van der Waals surface area contributed by atoms with Crippen molar-refractivity contribution in [2.75, 3.05) is 12.4 Å². The molecule has 0 aliphatic carbocycles. The molecule has 0 saturated heterocycles. The number of hydrogen-bond acceptors (Lipinski definition) is 5. The zero-order valence-electron chi connectivity index (χ0n) is 13.4. The molecule has 24 heavy (non-hydrogen) atoms. The predicted molar refractivity (Wildman–Crippen MR) is 93.6 cm³/mol. The summed E-state index contributed by atoms with van der Waals surface area (Å²) in [6.07, 6.45) is 2.72. The molecule has 3 aromatic rings. The van der Waals surface area contributed by atoms with E-state index in [1.54, 1.807) is 17.7 Å². The number of furan rings is 1. The number of nitrogens with one attached hydrogen (secondary N) is 1. The second-order valence-corrected chi connectivity index (χ2v) is 6.24. The Morgan fingerprint density at radius 3 is 2.88 bits per heavy atom. The number of anilines is 1. The molecule has 1 amide bonds. The molecule has 0 radical (unpaired) electrons. The minimum atomic E-state index is -0.457. The maximum Gasteiger partial charge on any atom is 0.350 e. The van der Waals surface area contributed by atoms with Crippen molar-refractivity contribution in [1.29, 1.82) is 0 Å². The van der Waals surface area contributed by atoms with Gasteiger partial charge in [0.05, 0.1) is 25.5 Å². The van der Waals surface area contributed by atoms with Crippen LogP contribution in [0.5, 0.6) is 0 Å². The molecule has 0 saturated carbocycles. The van der Waals surface area contributed by atoms with Crippen LogP contribution in [-0.2, 0) is 22.4 Å². The monoisotopic (exact) mass is 343 g/mol. The molecule has 0 aliphatic heterocycles. The first-order valence-corrected chi connectivity index (χ1v) is 8.45. The van der Waals surface area contributed by atoms with Crippen LogP contribution in [0.1, 0.15) is 27.7 Å². The third kappa shape index (κ3) is 3.19. The zero-order chi connectivity index (χ0) is 17.1. The van der Waals surface area contributed by atoms with E-state index in [1.165, 1.54) is 24.0 Å². The van der Waals surface area contributed by atoms with Crippen LogP contribution in [0.15, 0.2) is 40.3 Å². The third-order valence-corrected chi connectivity index (χ3v) is 4.68. The molecule has 5 nitrogen and oxygen atoms in total. The minimum absolute atomic E-state index is 0.176. The number of carbonyl (C=O) groups excluding carboxylic acids is 2. The number of benzene rings is 1. The number of methoxy groups -OCH3 is 1. The number of hydrogen-bond donors (Lipinski definition) is 1. The second-order valence-electron chi connectivity index (χ2n) is 5.32. The Morgan fingerprint density at radius 1 is 1.29 bits per heavy atom. The molecule has 6 heteroatoms. The van der Waals surface area contributed by atoms with E-state index in [2.05, 4.69) is 12.2 Å². The number of esters is 1. The molecular formula is C18H17NO4S. The maximum absolute atomic E-state index is 12.3. The summed E-state index contributed by atoms with van der Waals surface area (Å²) >= 11 is 1.23. The van der Waals surface area contributed by atoms with Gasteiger partial charge in [-0.05, 0) is 29.5 Å². The minimum Gasteiger partial charge on any atom is -0.465 e. The Balaban J connectivity index is 1.76. The van der Waals surface area contributed by atoms with Crippen LogP contribution in [0, 0.1) is 0 Å². The van der Waals surface area contributed by atoms with Gasteiger partial charge in [0.15, 0.2) is 0 Å². The molecular weight excluding hydrogens is 326 g/mol. The van der Waals surface area contributed by atoms with Crippen molar-refractivity contribution < 1.29 is 18.7 Å². The van der Waals surface area contributed by atoms with Gasteiger partial charge in [0, 0.05) is 10.9 Å². The van der Waals surface area contributed by atoms with E-state index >= 15 is 0 Å². The largest absolute Gasteiger partial charge is 0.465 e. The summed E-state index contributed by atoms with van der Waals surface area (Å²) in [5.41, 5.74) is 3.26. The van der Waals surface area contributed by atoms with Gasteiger partial charge >= 0.3 is 5.97 Å². The van der Waals surface area contributed by atoms with Crippen LogP contribution in [0.2, 0.25) is 0 Å². The Morgan fingerprint density at radius 2 is 2.12 bits per heavy atom. The van der Waals surface area contributed by atoms with Crippen molar-refractivity contribution in [1.82, 2.24) is 0 Å². The van der Waals surface area contributed by atoms with Gasteiger partial charge in [-0.2, -0.15) is 0 Å². The van der Waals surface area contributed by atoms with Gasteiger partial charge in [0.25, 0.3) is 0 Å². The second kappa shape index (κ2) is 6.88. The van der Waals surface area contributed by atoms with E-state index in [0.717, 1.165) is 23.0 Å². The Kier molecular flexibility index (Phi) is 4.66. The molecule has 1 N–H and O–H groups in total. The number of aryl methyl sites for hydroxylation is 1. The Labute approximate surface area is 143 Å². The maximum atomic E-state index is 12.3. The fourth-order valence-electron chi connectivity index (χ4n) is 2.51. The molecule has 124 valence electrons. The number of thiophene rings is 1. The van der Waals surface area contributed by atoms with Gasteiger partial charge in [-0.15, -0.1) is 11.3 Å². The van der Waals surface area contributed by atoms with Crippen LogP contribution < -0.4 is 5.32 Å². The van der Waals surface area contributed by atoms with Crippen LogP contribution in [-0.4, -0.2) is 19.0 Å². The summed E-state index contributed by atoms with van der Waals surface area (Å²) in [6, 6.07) is 7.69. The van der Waals surface area contributed by atoms with Gasteiger partial charge < -0.3 is 14.5 Å². The lowest BCUT2D eigenvalue weighted by atomic mass is 10.1. The van der Waals surface area contributed by atoms with E-state index in [0.29, 0.717) is 10.6 Å². The fraction of sp³-hybridized carbons (Fsp3) is 0.222.